The molecule has 0 fully saturated rings. The highest BCUT2D eigenvalue weighted by Crippen LogP contribution is 2.20. The Hall–Kier alpha value is -1.40. The summed E-state index contributed by atoms with van der Waals surface area (Å²) in [6.07, 6.45) is 1.43. The van der Waals surface area contributed by atoms with Crippen molar-refractivity contribution >= 4 is 40.3 Å². The molecule has 8 heteroatoms. The van der Waals surface area contributed by atoms with Crippen LogP contribution in [0, 0.1) is 0 Å². The lowest BCUT2D eigenvalue weighted by Gasteiger charge is -2.01. The number of aromatic nitrogens is 4. The number of fused-ring (bicyclic) bond motifs is 1. The number of rotatable bonds is 2. The zero-order chi connectivity index (χ0) is 11.7. The Morgan fingerprint density at radius 2 is 2.25 bits per heavy atom. The third kappa shape index (κ3) is 1.94. The van der Waals surface area contributed by atoms with Crippen LogP contribution in [0.4, 0.5) is 0 Å². The number of hydrogen-bond acceptors (Lipinski definition) is 5. The van der Waals surface area contributed by atoms with Crippen LogP contribution in [0.1, 0.15) is 0 Å². The fourth-order valence-corrected chi connectivity index (χ4v) is 1.63. The number of imidazole rings is 1. The third-order valence-electron chi connectivity index (χ3n) is 1.92. The molecule has 0 bridgehead atoms. The first kappa shape index (κ1) is 11.1. The molecule has 0 unspecified atom stereocenters. The maximum atomic E-state index is 11.1. The van der Waals surface area contributed by atoms with Crippen molar-refractivity contribution in [2.75, 3.05) is 7.11 Å². The van der Waals surface area contributed by atoms with Gasteiger partial charge >= 0.3 is 5.97 Å². The van der Waals surface area contributed by atoms with Crippen molar-refractivity contribution in [1.82, 2.24) is 19.5 Å². The number of halogens is 2. The number of nitrogens with zero attached hydrogens (tertiary/aromatic N) is 4. The molecule has 0 N–H and O–H groups in total. The lowest BCUT2D eigenvalue weighted by molar-refractivity contribution is -0.141. The fraction of sp³-hybridized carbons (Fsp3) is 0.250. The molecule has 0 aromatic carbocycles. The summed E-state index contributed by atoms with van der Waals surface area (Å²) in [5.41, 5.74) is 0.797. The van der Waals surface area contributed by atoms with E-state index in [0.29, 0.717) is 11.2 Å². The van der Waals surface area contributed by atoms with E-state index in [1.165, 1.54) is 18.0 Å². The molecule has 0 amide bonds. The van der Waals surface area contributed by atoms with Crippen molar-refractivity contribution in [1.29, 1.82) is 0 Å². The van der Waals surface area contributed by atoms with Crippen LogP contribution in [-0.4, -0.2) is 32.6 Å². The molecule has 0 aliphatic heterocycles. The van der Waals surface area contributed by atoms with E-state index >= 15 is 0 Å². The molecule has 2 heterocycles. The summed E-state index contributed by atoms with van der Waals surface area (Å²) in [7, 11) is 1.30. The van der Waals surface area contributed by atoms with E-state index in [9.17, 15) is 4.79 Å². The second kappa shape index (κ2) is 4.23. The Balaban J connectivity index is 2.51. The highest BCUT2D eigenvalue weighted by Gasteiger charge is 2.12. The molecule has 0 spiro atoms. The molecule has 84 valence electrons. The average Bonchev–Trinajstić information content (AvgIpc) is 2.61. The first-order valence-corrected chi connectivity index (χ1v) is 4.98. The van der Waals surface area contributed by atoms with Crippen LogP contribution in [0.25, 0.3) is 11.2 Å². The van der Waals surface area contributed by atoms with Crippen molar-refractivity contribution in [2.45, 2.75) is 6.54 Å². The monoisotopic (exact) mass is 260 g/mol. The summed E-state index contributed by atoms with van der Waals surface area (Å²) in [6, 6.07) is 0. The molecule has 0 atom stereocenters. The predicted molar refractivity (Wildman–Crippen MR) is 57.4 cm³/mol. The molecule has 0 saturated carbocycles. The minimum Gasteiger partial charge on any atom is -0.468 e. The minimum absolute atomic E-state index is 0.00330. The summed E-state index contributed by atoms with van der Waals surface area (Å²) >= 11 is 11.5. The van der Waals surface area contributed by atoms with Gasteiger partial charge in [-0.1, -0.05) is 11.6 Å². The minimum atomic E-state index is -0.412. The van der Waals surface area contributed by atoms with Crippen LogP contribution >= 0.6 is 23.2 Å². The Morgan fingerprint density at radius 3 is 2.94 bits per heavy atom. The number of ether oxygens (including phenoxy) is 1. The number of methoxy groups -OCH3 is 1. The maximum absolute atomic E-state index is 11.1. The first-order chi connectivity index (χ1) is 7.61. The van der Waals surface area contributed by atoms with Gasteiger partial charge in [-0.25, -0.2) is 9.97 Å². The lowest BCUT2D eigenvalue weighted by Crippen LogP contribution is -2.11. The summed E-state index contributed by atoms with van der Waals surface area (Å²) in [6.45, 7) is -0.00330. The molecule has 6 nitrogen and oxygen atoms in total. The van der Waals surface area contributed by atoms with E-state index in [4.69, 9.17) is 23.2 Å². The summed E-state index contributed by atoms with van der Waals surface area (Å²) in [5.74, 6) is -0.412. The number of carbonyl (C=O) groups excluding carboxylic acids is 1. The van der Waals surface area contributed by atoms with Crippen molar-refractivity contribution in [3.05, 3.63) is 16.8 Å². The van der Waals surface area contributed by atoms with E-state index in [0.717, 1.165) is 0 Å². The molecule has 0 aliphatic carbocycles. The molecule has 16 heavy (non-hydrogen) atoms. The lowest BCUT2D eigenvalue weighted by atomic mass is 10.5. The fourth-order valence-electron chi connectivity index (χ4n) is 1.20. The second-order valence-electron chi connectivity index (χ2n) is 2.90. The van der Waals surface area contributed by atoms with Gasteiger partial charge < -0.3 is 9.30 Å². The molecule has 2 aromatic rings. The quantitative estimate of drug-likeness (QED) is 0.463. The van der Waals surface area contributed by atoms with Gasteiger partial charge in [-0.15, -0.1) is 0 Å². The second-order valence-corrected chi connectivity index (χ2v) is 3.60. The largest absolute Gasteiger partial charge is 0.468 e. The van der Waals surface area contributed by atoms with Gasteiger partial charge in [0.2, 0.25) is 5.28 Å². The molecule has 0 saturated heterocycles. The van der Waals surface area contributed by atoms with Gasteiger partial charge in [-0.05, 0) is 11.6 Å². The molecule has 2 rings (SSSR count). The average molecular weight is 261 g/mol. The van der Waals surface area contributed by atoms with Gasteiger partial charge in [0.05, 0.1) is 13.4 Å². The summed E-state index contributed by atoms with van der Waals surface area (Å²) in [4.78, 5) is 22.8. The van der Waals surface area contributed by atoms with Crippen molar-refractivity contribution in [2.24, 2.45) is 0 Å². The first-order valence-electron chi connectivity index (χ1n) is 4.22. The highest BCUT2D eigenvalue weighted by molar-refractivity contribution is 6.35. The van der Waals surface area contributed by atoms with Gasteiger partial charge in [0.25, 0.3) is 0 Å². The SMILES string of the molecule is COC(=O)Cn1cnc2c(Cl)nc(Cl)nc21. The van der Waals surface area contributed by atoms with Gasteiger partial charge in [0.1, 0.15) is 12.1 Å². The Kier molecular flexibility index (Phi) is 2.93. The van der Waals surface area contributed by atoms with Gasteiger partial charge in [0.15, 0.2) is 10.8 Å². The van der Waals surface area contributed by atoms with Gasteiger partial charge in [0, 0.05) is 0 Å². The van der Waals surface area contributed by atoms with Crippen LogP contribution in [-0.2, 0) is 16.1 Å². The van der Waals surface area contributed by atoms with Crippen molar-refractivity contribution in [3.8, 4) is 0 Å². The van der Waals surface area contributed by atoms with Gasteiger partial charge in [-0.3, -0.25) is 4.79 Å². The Morgan fingerprint density at radius 1 is 1.50 bits per heavy atom. The molecule has 2 aromatic heterocycles. The van der Waals surface area contributed by atoms with E-state index in [-0.39, 0.29) is 17.0 Å². The summed E-state index contributed by atoms with van der Waals surface area (Å²) < 4.78 is 6.02. The van der Waals surface area contributed by atoms with Crippen molar-refractivity contribution in [3.63, 3.8) is 0 Å². The number of hydrogen-bond donors (Lipinski definition) is 0. The zero-order valence-electron chi connectivity index (χ0n) is 8.15. The third-order valence-corrected chi connectivity index (χ3v) is 2.35. The van der Waals surface area contributed by atoms with Crippen LogP contribution in [0.3, 0.4) is 0 Å². The maximum Gasteiger partial charge on any atom is 0.325 e. The normalized spacial score (nSPS) is 10.7. The number of esters is 1. The Labute approximate surface area is 100 Å². The highest BCUT2D eigenvalue weighted by atomic mass is 35.5. The predicted octanol–water partition coefficient (Wildman–Crippen LogP) is 1.31. The topological polar surface area (TPSA) is 69.9 Å². The zero-order valence-corrected chi connectivity index (χ0v) is 9.66. The smallest absolute Gasteiger partial charge is 0.325 e. The Bertz CT molecular complexity index is 554. The molecule has 0 aliphatic rings. The van der Waals surface area contributed by atoms with Crippen molar-refractivity contribution < 1.29 is 9.53 Å². The van der Waals surface area contributed by atoms with Crippen LogP contribution < -0.4 is 0 Å². The van der Waals surface area contributed by atoms with Crippen LogP contribution in [0.2, 0.25) is 10.4 Å². The molecular weight excluding hydrogens is 255 g/mol. The van der Waals surface area contributed by atoms with E-state index < -0.39 is 5.97 Å². The molecule has 0 radical (unpaired) electrons. The molecular formula is C8H6Cl2N4O2. The van der Waals surface area contributed by atoms with E-state index in [2.05, 4.69) is 19.7 Å². The van der Waals surface area contributed by atoms with Gasteiger partial charge in [-0.2, -0.15) is 4.98 Å². The standard InChI is InChI=1S/C8H6Cl2N4O2/c1-16-4(15)2-14-3-11-5-6(9)12-8(10)13-7(5)14/h3H,2H2,1H3. The van der Waals surface area contributed by atoms with E-state index in [1.54, 1.807) is 0 Å². The van der Waals surface area contributed by atoms with Crippen LogP contribution in [0.5, 0.6) is 0 Å². The number of carbonyl (C=O) groups is 1. The van der Waals surface area contributed by atoms with Crippen LogP contribution in [0.15, 0.2) is 6.33 Å². The summed E-state index contributed by atoms with van der Waals surface area (Å²) in [5, 5.41) is 0.155. The van der Waals surface area contributed by atoms with E-state index in [1.807, 2.05) is 0 Å².